The number of urea groups is 1. The zero-order valence-corrected chi connectivity index (χ0v) is 14.5. The predicted octanol–water partition coefficient (Wildman–Crippen LogP) is 1.27. The average molecular weight is 335 g/mol. The summed E-state index contributed by atoms with van der Waals surface area (Å²) in [4.78, 5) is 24.3. The minimum Gasteiger partial charge on any atom is -0.379 e. The first kappa shape index (κ1) is 17.2. The Labute approximate surface area is 143 Å². The number of hydrogen-bond acceptors (Lipinski definition) is 4. The number of rotatable bonds is 5. The van der Waals surface area contributed by atoms with Crippen molar-refractivity contribution in [1.29, 1.82) is 0 Å². The second-order valence-electron chi connectivity index (χ2n) is 6.96. The van der Waals surface area contributed by atoms with E-state index in [2.05, 4.69) is 27.1 Å². The molecule has 3 heterocycles. The van der Waals surface area contributed by atoms with Crippen LogP contribution in [0.4, 0.5) is 4.79 Å². The van der Waals surface area contributed by atoms with Gasteiger partial charge in [-0.3, -0.25) is 4.90 Å². The van der Waals surface area contributed by atoms with Gasteiger partial charge in [-0.2, -0.15) is 0 Å². The maximum Gasteiger partial charge on any atom is 0.317 e. The van der Waals surface area contributed by atoms with Crippen LogP contribution < -0.4 is 5.32 Å². The molecule has 0 saturated carbocycles. The Balaban J connectivity index is 1.41. The minimum absolute atomic E-state index is 0.0556. The Morgan fingerprint density at radius 1 is 1.46 bits per heavy atom. The highest BCUT2D eigenvalue weighted by Gasteiger charge is 2.26. The Morgan fingerprint density at radius 3 is 3.04 bits per heavy atom. The monoisotopic (exact) mass is 335 g/mol. The molecule has 2 saturated heterocycles. The zero-order chi connectivity index (χ0) is 16.8. The number of piperidine rings is 1. The van der Waals surface area contributed by atoms with Gasteiger partial charge in [0.15, 0.2) is 0 Å². The summed E-state index contributed by atoms with van der Waals surface area (Å²) in [6.07, 6.45) is 5.75. The maximum absolute atomic E-state index is 12.5. The summed E-state index contributed by atoms with van der Waals surface area (Å²) >= 11 is 0. The number of hydrogen-bond donors (Lipinski definition) is 2. The fraction of sp³-hybridized carbons (Fsp3) is 0.765. The number of amides is 2. The van der Waals surface area contributed by atoms with E-state index >= 15 is 0 Å². The van der Waals surface area contributed by atoms with Crippen LogP contribution in [-0.4, -0.2) is 78.3 Å². The van der Waals surface area contributed by atoms with Crippen molar-refractivity contribution in [1.82, 2.24) is 25.1 Å². The van der Waals surface area contributed by atoms with Gasteiger partial charge in [-0.25, -0.2) is 9.78 Å². The third-order valence-corrected chi connectivity index (χ3v) is 4.89. The molecule has 0 aliphatic carbocycles. The van der Waals surface area contributed by atoms with Gasteiger partial charge in [0, 0.05) is 57.6 Å². The standard InChI is InChI=1S/C17H29N5O2/c1-14(12-21-7-9-24-10-8-21)11-20-17(23)22-6-2-3-15(13-22)16-18-4-5-19-16/h4-5,14-15H,2-3,6-13H2,1H3,(H,18,19)(H,20,23). The normalized spacial score (nSPS) is 23.9. The van der Waals surface area contributed by atoms with Gasteiger partial charge in [0.1, 0.15) is 5.82 Å². The molecule has 2 aliphatic heterocycles. The van der Waals surface area contributed by atoms with Crippen LogP contribution in [0.15, 0.2) is 12.4 Å². The minimum atomic E-state index is 0.0556. The number of likely N-dealkylation sites (tertiary alicyclic amines) is 1. The molecular formula is C17H29N5O2. The number of carbonyl (C=O) groups is 1. The molecule has 2 atom stereocenters. The number of nitrogens with zero attached hydrogens (tertiary/aromatic N) is 3. The van der Waals surface area contributed by atoms with Gasteiger partial charge in [0.05, 0.1) is 13.2 Å². The van der Waals surface area contributed by atoms with E-state index in [-0.39, 0.29) is 6.03 Å². The van der Waals surface area contributed by atoms with E-state index in [0.29, 0.717) is 11.8 Å². The molecule has 7 nitrogen and oxygen atoms in total. The molecule has 0 bridgehead atoms. The fourth-order valence-corrected chi connectivity index (χ4v) is 3.55. The lowest BCUT2D eigenvalue weighted by Crippen LogP contribution is -2.47. The van der Waals surface area contributed by atoms with Gasteiger partial charge >= 0.3 is 6.03 Å². The van der Waals surface area contributed by atoms with Crippen molar-refractivity contribution in [2.45, 2.75) is 25.7 Å². The maximum atomic E-state index is 12.5. The van der Waals surface area contributed by atoms with E-state index in [1.165, 1.54) is 0 Å². The average Bonchev–Trinajstić information content (AvgIpc) is 3.15. The van der Waals surface area contributed by atoms with Crippen molar-refractivity contribution in [3.63, 3.8) is 0 Å². The molecule has 0 radical (unpaired) electrons. The van der Waals surface area contributed by atoms with Gasteiger partial charge in [-0.1, -0.05) is 6.92 Å². The Morgan fingerprint density at radius 2 is 2.29 bits per heavy atom. The lowest BCUT2D eigenvalue weighted by atomic mass is 9.97. The summed E-state index contributed by atoms with van der Waals surface area (Å²) in [5.41, 5.74) is 0. The van der Waals surface area contributed by atoms with Gasteiger partial charge in [0.2, 0.25) is 0 Å². The second-order valence-corrected chi connectivity index (χ2v) is 6.96. The smallest absolute Gasteiger partial charge is 0.317 e. The number of carbonyl (C=O) groups excluding carboxylic acids is 1. The molecule has 0 spiro atoms. The van der Waals surface area contributed by atoms with Crippen LogP contribution in [0.1, 0.15) is 31.5 Å². The number of ether oxygens (including phenoxy) is 1. The van der Waals surface area contributed by atoms with Crippen LogP contribution in [0.2, 0.25) is 0 Å². The number of morpholine rings is 1. The van der Waals surface area contributed by atoms with Crippen LogP contribution in [0.25, 0.3) is 0 Å². The van der Waals surface area contributed by atoms with E-state index in [4.69, 9.17) is 4.74 Å². The van der Waals surface area contributed by atoms with E-state index in [1.54, 1.807) is 6.20 Å². The van der Waals surface area contributed by atoms with Gasteiger partial charge in [-0.15, -0.1) is 0 Å². The summed E-state index contributed by atoms with van der Waals surface area (Å²) in [7, 11) is 0. The highest BCUT2D eigenvalue weighted by atomic mass is 16.5. The molecule has 2 aliphatic rings. The first-order chi connectivity index (χ1) is 11.7. The van der Waals surface area contributed by atoms with Crippen molar-refractivity contribution in [2.75, 3.05) is 52.5 Å². The van der Waals surface area contributed by atoms with Crippen LogP contribution in [0.3, 0.4) is 0 Å². The largest absolute Gasteiger partial charge is 0.379 e. The van der Waals surface area contributed by atoms with Gasteiger partial charge < -0.3 is 19.9 Å². The van der Waals surface area contributed by atoms with Crippen LogP contribution in [0.5, 0.6) is 0 Å². The lowest BCUT2D eigenvalue weighted by molar-refractivity contribution is 0.0318. The Bertz CT molecular complexity index is 501. The van der Waals surface area contributed by atoms with Crippen LogP contribution >= 0.6 is 0 Å². The topological polar surface area (TPSA) is 73.5 Å². The summed E-state index contributed by atoms with van der Waals surface area (Å²) in [6, 6.07) is 0.0556. The van der Waals surface area contributed by atoms with Crippen LogP contribution in [-0.2, 0) is 4.74 Å². The molecule has 2 unspecified atom stereocenters. The molecule has 2 N–H and O–H groups in total. The van der Waals surface area contributed by atoms with Crippen molar-refractivity contribution >= 4 is 6.03 Å². The van der Waals surface area contributed by atoms with E-state index < -0.39 is 0 Å². The van der Waals surface area contributed by atoms with E-state index in [1.807, 2.05) is 11.1 Å². The number of imidazole rings is 1. The molecule has 134 valence electrons. The fourth-order valence-electron chi connectivity index (χ4n) is 3.55. The molecule has 2 fully saturated rings. The number of H-pyrrole nitrogens is 1. The molecule has 2 amide bonds. The van der Waals surface area contributed by atoms with Crippen molar-refractivity contribution in [3.8, 4) is 0 Å². The van der Waals surface area contributed by atoms with Crippen LogP contribution in [0, 0.1) is 5.92 Å². The molecule has 3 rings (SSSR count). The third-order valence-electron chi connectivity index (χ3n) is 4.89. The molecule has 1 aromatic rings. The van der Waals surface area contributed by atoms with Gasteiger partial charge in [0.25, 0.3) is 0 Å². The van der Waals surface area contributed by atoms with E-state index in [9.17, 15) is 4.79 Å². The lowest BCUT2D eigenvalue weighted by Gasteiger charge is -2.33. The Hall–Kier alpha value is -1.60. The molecule has 7 heteroatoms. The first-order valence-corrected chi connectivity index (χ1v) is 9.04. The Kier molecular flexibility index (Phi) is 6.09. The molecule has 1 aromatic heterocycles. The highest BCUT2D eigenvalue weighted by molar-refractivity contribution is 5.74. The quantitative estimate of drug-likeness (QED) is 0.850. The summed E-state index contributed by atoms with van der Waals surface area (Å²) in [5.74, 6) is 1.76. The van der Waals surface area contributed by atoms with Crippen molar-refractivity contribution in [2.24, 2.45) is 5.92 Å². The third kappa shape index (κ3) is 4.70. The molecule has 0 aromatic carbocycles. The number of nitrogens with one attached hydrogen (secondary N) is 2. The predicted molar refractivity (Wildman–Crippen MR) is 92.0 cm³/mol. The molecule has 24 heavy (non-hydrogen) atoms. The number of aromatic amines is 1. The van der Waals surface area contributed by atoms with Crippen molar-refractivity contribution in [3.05, 3.63) is 18.2 Å². The highest BCUT2D eigenvalue weighted by Crippen LogP contribution is 2.24. The summed E-state index contributed by atoms with van der Waals surface area (Å²) < 4.78 is 5.37. The van der Waals surface area contributed by atoms with Gasteiger partial charge in [-0.05, 0) is 18.8 Å². The zero-order valence-electron chi connectivity index (χ0n) is 14.5. The first-order valence-electron chi connectivity index (χ1n) is 9.04. The summed E-state index contributed by atoms with van der Waals surface area (Å²) in [5, 5.41) is 3.11. The second kappa shape index (κ2) is 8.48. The summed E-state index contributed by atoms with van der Waals surface area (Å²) in [6.45, 7) is 9.14. The molecular weight excluding hydrogens is 306 g/mol. The van der Waals surface area contributed by atoms with Crippen molar-refractivity contribution < 1.29 is 9.53 Å². The number of aromatic nitrogens is 2. The van der Waals surface area contributed by atoms with E-state index in [0.717, 1.165) is 71.1 Å². The SMILES string of the molecule is CC(CNC(=O)N1CCCC(c2ncc[nH]2)C1)CN1CCOCC1.